The Labute approximate surface area is 242 Å². The van der Waals surface area contributed by atoms with E-state index in [9.17, 15) is 26.8 Å². The van der Waals surface area contributed by atoms with Gasteiger partial charge in [0.15, 0.2) is 5.78 Å². The summed E-state index contributed by atoms with van der Waals surface area (Å²) >= 11 is 0. The number of benzene rings is 2. The second kappa shape index (κ2) is 24.1. The van der Waals surface area contributed by atoms with Crippen LogP contribution in [0.5, 0.6) is 0 Å². The van der Waals surface area contributed by atoms with Gasteiger partial charge in [0.05, 0.1) is 17.9 Å². The van der Waals surface area contributed by atoms with Crippen molar-refractivity contribution in [2.75, 3.05) is 44.3 Å². The predicted molar refractivity (Wildman–Crippen MR) is 140 cm³/mol. The molecule has 11 heteroatoms. The number of ether oxygens (including phenoxy) is 2. The van der Waals surface area contributed by atoms with Gasteiger partial charge in [-0.3, -0.25) is 13.2 Å². The van der Waals surface area contributed by atoms with E-state index in [2.05, 4.69) is 4.74 Å². The molecule has 1 heterocycles. The number of carbonyl (C=O) groups is 2. The molecule has 1 aliphatic heterocycles. The molecule has 2 aromatic rings. The Hall–Kier alpha value is -1.30. The zero-order valence-corrected chi connectivity index (χ0v) is 24.5. The summed E-state index contributed by atoms with van der Waals surface area (Å²) in [4.78, 5) is 22.3. The molecule has 2 aromatic carbocycles. The van der Waals surface area contributed by atoms with E-state index in [1.165, 1.54) is 55.5 Å². The van der Waals surface area contributed by atoms with Crippen LogP contribution >= 0.6 is 0 Å². The minimum absolute atomic E-state index is 0. The maximum atomic E-state index is 12.6. The van der Waals surface area contributed by atoms with Crippen LogP contribution in [0.4, 0.5) is 8.78 Å². The Balaban J connectivity index is -0.000000209. The molecule has 6 nitrogen and oxygen atoms in total. The quantitative estimate of drug-likeness (QED) is 0.317. The van der Waals surface area contributed by atoms with Gasteiger partial charge in [-0.05, 0) is 50.1 Å². The Bertz CT molecular complexity index is 935. The van der Waals surface area contributed by atoms with Crippen LogP contribution in [0.2, 0.25) is 0 Å². The van der Waals surface area contributed by atoms with Crippen LogP contribution in [0, 0.1) is 11.6 Å². The summed E-state index contributed by atoms with van der Waals surface area (Å²) < 4.78 is 55.1. The van der Waals surface area contributed by atoms with E-state index in [1.807, 2.05) is 0 Å². The van der Waals surface area contributed by atoms with Gasteiger partial charge in [-0.15, -0.1) is 0 Å². The Kier molecular flexibility index (Phi) is 26.2. The average Bonchev–Trinajstić information content (AvgIpc) is 3.34. The molecule has 0 radical (unpaired) electrons. The fourth-order valence-electron chi connectivity index (χ4n) is 2.27. The summed E-state index contributed by atoms with van der Waals surface area (Å²) in [6, 6.07) is 10.8. The Morgan fingerprint density at radius 1 is 0.944 bits per heavy atom. The van der Waals surface area contributed by atoms with Crippen LogP contribution in [0.25, 0.3) is 0 Å². The summed E-state index contributed by atoms with van der Waals surface area (Å²) in [5.74, 6) is -1.71. The van der Waals surface area contributed by atoms with E-state index in [4.69, 9.17) is 4.74 Å². The van der Waals surface area contributed by atoms with Crippen molar-refractivity contribution in [3.05, 3.63) is 71.3 Å². The number of carbonyl (C=O) groups excluding carboxylic acids is 2. The Morgan fingerprint density at radius 3 is 1.75 bits per heavy atom. The van der Waals surface area contributed by atoms with Crippen molar-refractivity contribution < 1.29 is 67.2 Å². The first kappa shape index (κ1) is 39.2. The summed E-state index contributed by atoms with van der Waals surface area (Å²) in [5.41, 5.74) is 0.520. The molecule has 1 atom stereocenters. The minimum atomic E-state index is -1.17. The first-order valence-electron chi connectivity index (χ1n) is 10.4. The van der Waals surface area contributed by atoms with Gasteiger partial charge in [0.25, 0.3) is 0 Å². The zero-order chi connectivity index (χ0) is 25.9. The van der Waals surface area contributed by atoms with Crippen molar-refractivity contribution in [3.8, 4) is 0 Å². The standard InChI is InChI=1S/C9H9FO2S.C9H9FO2.C4H8O.C2H6OS.CH4.Na.H/c1-13(12)6-9(11)7-3-2-4-8(10)5-7;1-2-12-9(11)7-4-3-5-8(10)6-7;1-2-4-5-3-1;1-4(2)3;;;/h2-5H,6H2,1H3;3-6H,2H2,1H3;1-4H2;1-2H3;1H4;;/q;;;;;+1;-1. The second-order valence-corrected chi connectivity index (χ2v) is 9.86. The summed E-state index contributed by atoms with van der Waals surface area (Å²) in [7, 11) is -1.79. The van der Waals surface area contributed by atoms with Gasteiger partial charge in [-0.25, -0.2) is 13.6 Å². The van der Waals surface area contributed by atoms with Crippen molar-refractivity contribution in [2.45, 2.75) is 27.2 Å². The molecule has 0 bridgehead atoms. The van der Waals surface area contributed by atoms with E-state index in [1.54, 1.807) is 19.4 Å². The molecule has 1 aliphatic rings. The number of esters is 1. The van der Waals surface area contributed by atoms with E-state index >= 15 is 0 Å². The molecule has 36 heavy (non-hydrogen) atoms. The molecule has 1 fully saturated rings. The van der Waals surface area contributed by atoms with Crippen molar-refractivity contribution in [2.24, 2.45) is 0 Å². The molecule has 0 saturated carbocycles. The largest absolute Gasteiger partial charge is 1.00 e. The van der Waals surface area contributed by atoms with Gasteiger partial charge < -0.3 is 10.9 Å². The number of hydrogen-bond acceptors (Lipinski definition) is 6. The number of Topliss-reactive ketones (excluding diaryl/α,β-unsaturated/α-hetero) is 1. The third-order valence-corrected chi connectivity index (χ3v) is 4.31. The predicted octanol–water partition coefficient (Wildman–Crippen LogP) is 1.93. The van der Waals surface area contributed by atoms with E-state index in [0.717, 1.165) is 25.3 Å². The van der Waals surface area contributed by atoms with Gasteiger partial charge in [-0.1, -0.05) is 25.6 Å². The van der Waals surface area contributed by atoms with Crippen LogP contribution in [-0.4, -0.2) is 64.5 Å². The van der Waals surface area contributed by atoms with Crippen LogP contribution in [-0.2, 0) is 31.1 Å². The van der Waals surface area contributed by atoms with Crippen LogP contribution in [0.15, 0.2) is 48.5 Å². The normalized spacial score (nSPS) is 12.0. The third-order valence-electron chi connectivity index (χ3n) is 3.64. The van der Waals surface area contributed by atoms with Gasteiger partial charge in [0, 0.05) is 59.1 Å². The molecule has 3 rings (SSSR count). The van der Waals surface area contributed by atoms with E-state index in [-0.39, 0.29) is 61.1 Å². The molecule has 1 unspecified atom stereocenters. The van der Waals surface area contributed by atoms with Crippen LogP contribution in [0.3, 0.4) is 0 Å². The van der Waals surface area contributed by atoms with Gasteiger partial charge in [0.2, 0.25) is 0 Å². The second-order valence-electron chi connectivity index (χ2n) is 6.94. The zero-order valence-electron chi connectivity index (χ0n) is 21.9. The van der Waals surface area contributed by atoms with Crippen molar-refractivity contribution in [1.82, 2.24) is 0 Å². The number of rotatable bonds is 5. The van der Waals surface area contributed by atoms with Gasteiger partial charge >= 0.3 is 35.5 Å². The molecule has 0 spiro atoms. The fraction of sp³-hybridized carbons (Fsp3) is 0.440. The molecule has 200 valence electrons. The van der Waals surface area contributed by atoms with Crippen LogP contribution < -0.4 is 29.6 Å². The maximum absolute atomic E-state index is 12.6. The molecule has 1 saturated heterocycles. The average molecular weight is 559 g/mol. The fourth-order valence-corrected chi connectivity index (χ4v) is 2.81. The van der Waals surface area contributed by atoms with Crippen molar-refractivity contribution >= 4 is 33.4 Å². The molecule has 0 amide bonds. The summed E-state index contributed by atoms with van der Waals surface area (Å²) in [5, 5.41) is 0. The van der Waals surface area contributed by atoms with E-state index < -0.39 is 39.2 Å². The molecular weight excluding hydrogens is 521 g/mol. The van der Waals surface area contributed by atoms with Gasteiger partial charge in [-0.2, -0.15) is 0 Å². The SMILES string of the molecule is C.C1CCOC1.CCOC(=O)c1cccc(F)c1.CS(=O)CC(=O)c1cccc(F)c1.CS(C)=O.[H-].[Na+]. The number of ketones is 1. The summed E-state index contributed by atoms with van der Waals surface area (Å²) in [6.07, 6.45) is 7.27. The van der Waals surface area contributed by atoms with Crippen LogP contribution in [0.1, 0.15) is 49.3 Å². The number of halogens is 2. The van der Waals surface area contributed by atoms with E-state index in [0.29, 0.717) is 6.61 Å². The maximum Gasteiger partial charge on any atom is 1.00 e. The molecule has 0 aromatic heterocycles. The smallest absolute Gasteiger partial charge is 1.00 e. The summed E-state index contributed by atoms with van der Waals surface area (Å²) in [6.45, 7) is 4.01. The van der Waals surface area contributed by atoms with Gasteiger partial charge in [0.1, 0.15) is 11.6 Å². The minimum Gasteiger partial charge on any atom is -1.00 e. The molecule has 0 N–H and O–H groups in total. The number of hydrogen-bond donors (Lipinski definition) is 0. The topological polar surface area (TPSA) is 86.7 Å². The molecular formula is C25H37F2NaO6S2. The van der Waals surface area contributed by atoms with Crippen molar-refractivity contribution in [3.63, 3.8) is 0 Å². The van der Waals surface area contributed by atoms with Crippen molar-refractivity contribution in [1.29, 1.82) is 0 Å². The first-order valence-corrected chi connectivity index (χ1v) is 14.1. The third kappa shape index (κ3) is 21.9. The Morgan fingerprint density at radius 2 is 1.39 bits per heavy atom. The monoisotopic (exact) mass is 558 g/mol. The molecule has 0 aliphatic carbocycles. The first-order chi connectivity index (χ1) is 16.1.